The van der Waals surface area contributed by atoms with Gasteiger partial charge in [0.25, 0.3) is 0 Å². The predicted octanol–water partition coefficient (Wildman–Crippen LogP) is 3.90. The second kappa shape index (κ2) is 13.3. The number of aliphatic hydroxyl groups is 2. The molecule has 10 heteroatoms. The number of carbonyl (C=O) groups is 1. The van der Waals surface area contributed by atoms with Crippen molar-refractivity contribution in [2.24, 2.45) is 0 Å². The highest BCUT2D eigenvalue weighted by atomic mass is 19.4. The standard InChI is InChI=1S/C28H31F3N2O5/c1-18(32-16-26(36)22-7-10-25(35)23(14-22)17-34)11-20-3-2-4-21(12-20)13-27(37)33-15-19-5-8-24(9-6-19)38-28(29,30)31/h2-10,12,14,18,26,32,34-36H,11,13,15-17H2,1H3,(H,33,37). The Morgan fingerprint density at radius 1 is 1.00 bits per heavy atom. The SMILES string of the molecule is CC(Cc1cccc(CC(=O)NCc2ccc(OC(F)(F)F)cc2)c1)NCC(O)c1ccc(O)c(CO)c1. The van der Waals surface area contributed by atoms with Crippen LogP contribution < -0.4 is 15.4 Å². The summed E-state index contributed by atoms with van der Waals surface area (Å²) in [7, 11) is 0. The van der Waals surface area contributed by atoms with Gasteiger partial charge in [0, 0.05) is 24.7 Å². The molecule has 2 unspecified atom stereocenters. The molecule has 5 N–H and O–H groups in total. The molecular weight excluding hydrogens is 501 g/mol. The molecule has 0 saturated heterocycles. The van der Waals surface area contributed by atoms with E-state index in [-0.39, 0.29) is 49.6 Å². The van der Waals surface area contributed by atoms with Crippen LogP contribution in [0.5, 0.6) is 11.5 Å². The summed E-state index contributed by atoms with van der Waals surface area (Å²) in [5, 5.41) is 35.5. The molecule has 0 aliphatic heterocycles. The van der Waals surface area contributed by atoms with E-state index in [1.807, 2.05) is 31.2 Å². The second-order valence-electron chi connectivity index (χ2n) is 9.04. The molecule has 0 aliphatic carbocycles. The largest absolute Gasteiger partial charge is 0.573 e. The predicted molar refractivity (Wildman–Crippen MR) is 135 cm³/mol. The number of hydrogen-bond acceptors (Lipinski definition) is 6. The highest BCUT2D eigenvalue weighted by Crippen LogP contribution is 2.23. The summed E-state index contributed by atoms with van der Waals surface area (Å²) in [4.78, 5) is 12.4. The van der Waals surface area contributed by atoms with Gasteiger partial charge in [-0.1, -0.05) is 42.5 Å². The van der Waals surface area contributed by atoms with Crippen LogP contribution in [0.3, 0.4) is 0 Å². The van der Waals surface area contributed by atoms with Gasteiger partial charge < -0.3 is 30.7 Å². The molecule has 3 rings (SSSR count). The van der Waals surface area contributed by atoms with Gasteiger partial charge in [0.2, 0.25) is 5.91 Å². The first-order valence-corrected chi connectivity index (χ1v) is 12.1. The minimum absolute atomic E-state index is 0.0208. The van der Waals surface area contributed by atoms with E-state index >= 15 is 0 Å². The normalized spacial score (nSPS) is 13.1. The average molecular weight is 533 g/mol. The smallest absolute Gasteiger partial charge is 0.508 e. The first-order chi connectivity index (χ1) is 18.0. The summed E-state index contributed by atoms with van der Waals surface area (Å²) < 4.78 is 40.6. The van der Waals surface area contributed by atoms with Crippen molar-refractivity contribution >= 4 is 5.91 Å². The summed E-state index contributed by atoms with van der Waals surface area (Å²) in [6.07, 6.45) is -4.76. The Hall–Kier alpha value is -3.60. The van der Waals surface area contributed by atoms with Crippen molar-refractivity contribution in [2.75, 3.05) is 6.54 Å². The number of aliphatic hydroxyl groups excluding tert-OH is 2. The first-order valence-electron chi connectivity index (χ1n) is 12.1. The lowest BCUT2D eigenvalue weighted by molar-refractivity contribution is -0.274. The van der Waals surface area contributed by atoms with Crippen LogP contribution >= 0.6 is 0 Å². The fraction of sp³-hybridized carbons (Fsp3) is 0.321. The summed E-state index contributed by atoms with van der Waals surface area (Å²) in [6.45, 7) is 2.11. The van der Waals surface area contributed by atoms with Gasteiger partial charge in [-0.15, -0.1) is 13.2 Å². The van der Waals surface area contributed by atoms with Gasteiger partial charge in [-0.2, -0.15) is 0 Å². The number of ether oxygens (including phenoxy) is 1. The lowest BCUT2D eigenvalue weighted by Gasteiger charge is -2.18. The quantitative estimate of drug-likeness (QED) is 0.242. The Balaban J connectivity index is 1.45. The first kappa shape index (κ1) is 29.0. The number of halogens is 3. The number of benzene rings is 3. The zero-order chi connectivity index (χ0) is 27.7. The Morgan fingerprint density at radius 3 is 2.39 bits per heavy atom. The fourth-order valence-electron chi connectivity index (χ4n) is 3.92. The van der Waals surface area contributed by atoms with Crippen LogP contribution in [0.2, 0.25) is 0 Å². The maximum Gasteiger partial charge on any atom is 0.573 e. The Labute approximate surface area is 218 Å². The van der Waals surface area contributed by atoms with E-state index < -0.39 is 12.5 Å². The van der Waals surface area contributed by atoms with Crippen molar-refractivity contribution in [3.05, 3.63) is 94.5 Å². The molecule has 3 aromatic rings. The van der Waals surface area contributed by atoms with Gasteiger partial charge in [0.05, 0.1) is 19.1 Å². The van der Waals surface area contributed by atoms with Crippen molar-refractivity contribution in [2.45, 2.75) is 51.4 Å². The monoisotopic (exact) mass is 532 g/mol. The van der Waals surface area contributed by atoms with Gasteiger partial charge in [-0.3, -0.25) is 4.79 Å². The van der Waals surface area contributed by atoms with Crippen LogP contribution in [0.25, 0.3) is 0 Å². The Kier molecular flexibility index (Phi) is 10.1. The van der Waals surface area contributed by atoms with Gasteiger partial charge in [0.1, 0.15) is 11.5 Å². The fourth-order valence-corrected chi connectivity index (χ4v) is 3.92. The van der Waals surface area contributed by atoms with Crippen LogP contribution in [0, 0.1) is 0 Å². The number of amides is 1. The number of carbonyl (C=O) groups excluding carboxylic acids is 1. The molecule has 1 amide bonds. The van der Waals surface area contributed by atoms with Crippen LogP contribution in [-0.4, -0.2) is 40.2 Å². The number of aromatic hydroxyl groups is 1. The second-order valence-corrected chi connectivity index (χ2v) is 9.04. The molecule has 2 atom stereocenters. The molecule has 0 aliphatic rings. The lowest BCUT2D eigenvalue weighted by Crippen LogP contribution is -2.32. The molecule has 38 heavy (non-hydrogen) atoms. The van der Waals surface area contributed by atoms with E-state index in [4.69, 9.17) is 0 Å². The average Bonchev–Trinajstić information content (AvgIpc) is 2.86. The van der Waals surface area contributed by atoms with Gasteiger partial charge >= 0.3 is 6.36 Å². The van der Waals surface area contributed by atoms with Crippen LogP contribution in [-0.2, 0) is 30.8 Å². The molecule has 204 valence electrons. The van der Waals surface area contributed by atoms with E-state index in [1.54, 1.807) is 12.1 Å². The highest BCUT2D eigenvalue weighted by Gasteiger charge is 2.30. The number of hydrogen-bond donors (Lipinski definition) is 5. The van der Waals surface area contributed by atoms with Gasteiger partial charge in [0.15, 0.2) is 0 Å². The molecule has 0 heterocycles. The zero-order valence-electron chi connectivity index (χ0n) is 20.8. The van der Waals surface area contributed by atoms with Crippen LogP contribution in [0.4, 0.5) is 13.2 Å². The van der Waals surface area contributed by atoms with Crippen molar-refractivity contribution in [3.8, 4) is 11.5 Å². The summed E-state index contributed by atoms with van der Waals surface area (Å²) >= 11 is 0. The number of phenols is 1. The van der Waals surface area contributed by atoms with E-state index in [0.717, 1.165) is 11.1 Å². The topological polar surface area (TPSA) is 111 Å². The van der Waals surface area contributed by atoms with Crippen molar-refractivity contribution < 1.29 is 38.0 Å². The maximum atomic E-state index is 12.4. The van der Waals surface area contributed by atoms with Gasteiger partial charge in [-0.05, 0) is 59.9 Å². The molecule has 0 fully saturated rings. The minimum atomic E-state index is -4.75. The van der Waals surface area contributed by atoms with Gasteiger partial charge in [-0.25, -0.2) is 0 Å². The third kappa shape index (κ3) is 9.37. The molecule has 0 radical (unpaired) electrons. The number of nitrogens with one attached hydrogen (secondary N) is 2. The van der Waals surface area contributed by atoms with Crippen molar-refractivity contribution in [1.82, 2.24) is 10.6 Å². The third-order valence-corrected chi connectivity index (χ3v) is 5.86. The lowest BCUT2D eigenvalue weighted by atomic mass is 10.0. The molecule has 0 saturated carbocycles. The molecule has 0 aromatic heterocycles. The Bertz CT molecular complexity index is 1200. The molecule has 7 nitrogen and oxygen atoms in total. The summed E-state index contributed by atoms with van der Waals surface area (Å²) in [5.74, 6) is -0.561. The Morgan fingerprint density at radius 2 is 1.71 bits per heavy atom. The van der Waals surface area contributed by atoms with E-state index in [9.17, 15) is 33.3 Å². The minimum Gasteiger partial charge on any atom is -0.508 e. The molecule has 3 aromatic carbocycles. The van der Waals surface area contributed by atoms with Crippen molar-refractivity contribution in [3.63, 3.8) is 0 Å². The summed E-state index contributed by atoms with van der Waals surface area (Å²) in [6, 6.07) is 17.6. The number of alkyl halides is 3. The zero-order valence-corrected chi connectivity index (χ0v) is 20.8. The van der Waals surface area contributed by atoms with Crippen LogP contribution in [0.1, 0.15) is 40.8 Å². The molecule has 0 bridgehead atoms. The maximum absolute atomic E-state index is 12.4. The van der Waals surface area contributed by atoms with E-state index in [2.05, 4.69) is 15.4 Å². The summed E-state index contributed by atoms with van der Waals surface area (Å²) in [5.41, 5.74) is 3.41. The third-order valence-electron chi connectivity index (χ3n) is 5.86. The molecule has 0 spiro atoms. The molecular formula is C28H31F3N2O5. The number of rotatable bonds is 12. The highest BCUT2D eigenvalue weighted by molar-refractivity contribution is 5.78. The van der Waals surface area contributed by atoms with Crippen LogP contribution in [0.15, 0.2) is 66.7 Å². The van der Waals surface area contributed by atoms with Crippen molar-refractivity contribution in [1.29, 1.82) is 0 Å². The van der Waals surface area contributed by atoms with E-state index in [1.165, 1.54) is 30.3 Å². The van der Waals surface area contributed by atoms with E-state index in [0.29, 0.717) is 23.1 Å².